The Morgan fingerprint density at radius 1 is 0.955 bits per heavy atom. The van der Waals surface area contributed by atoms with Gasteiger partial charge in [0.05, 0.1) is 17.2 Å². The van der Waals surface area contributed by atoms with E-state index in [1.165, 1.54) is 17.0 Å². The van der Waals surface area contributed by atoms with E-state index in [4.69, 9.17) is 27.9 Å². The molecule has 0 spiro atoms. The highest BCUT2D eigenvalue weighted by Crippen LogP contribution is 2.28. The summed E-state index contributed by atoms with van der Waals surface area (Å²) in [6.07, 6.45) is 5.32. The molecule has 0 unspecified atom stereocenters. The summed E-state index contributed by atoms with van der Waals surface area (Å²) in [4.78, 5) is 29.4. The lowest BCUT2D eigenvalue weighted by Crippen LogP contribution is -2.54. The van der Waals surface area contributed by atoms with E-state index in [0.717, 1.165) is 36.4 Å². The second-order valence-corrected chi connectivity index (χ2v) is 13.5. The number of carbonyl (C=O) groups is 2. The molecule has 2 amide bonds. The lowest BCUT2D eigenvalue weighted by molar-refractivity contribution is -0.140. The Morgan fingerprint density at radius 3 is 2.25 bits per heavy atom. The Hall–Kier alpha value is -3.27. The summed E-state index contributed by atoms with van der Waals surface area (Å²) in [5.74, 6) is -0.240. The Kier molecular flexibility index (Phi) is 11.9. The molecule has 44 heavy (non-hydrogen) atoms. The van der Waals surface area contributed by atoms with Crippen molar-refractivity contribution in [3.05, 3.63) is 88.4 Å². The van der Waals surface area contributed by atoms with E-state index in [0.29, 0.717) is 34.4 Å². The van der Waals surface area contributed by atoms with Gasteiger partial charge < -0.3 is 15.0 Å². The Labute approximate surface area is 270 Å². The number of sulfonamides is 1. The summed E-state index contributed by atoms with van der Waals surface area (Å²) in [6, 6.07) is 18.6. The number of hydrogen-bond donors (Lipinski definition) is 1. The van der Waals surface area contributed by atoms with Gasteiger partial charge in [0.25, 0.3) is 10.0 Å². The molecule has 3 aromatic rings. The van der Waals surface area contributed by atoms with Crippen molar-refractivity contribution in [1.29, 1.82) is 0 Å². The molecule has 1 N–H and O–H groups in total. The summed E-state index contributed by atoms with van der Waals surface area (Å²) in [6.45, 7) is 3.60. The molecule has 0 aliphatic heterocycles. The summed E-state index contributed by atoms with van der Waals surface area (Å²) < 4.78 is 34.6. The lowest BCUT2D eigenvalue weighted by atomic mass is 9.95. The van der Waals surface area contributed by atoms with E-state index in [1.54, 1.807) is 60.7 Å². The fourth-order valence-corrected chi connectivity index (χ4v) is 7.32. The van der Waals surface area contributed by atoms with Gasteiger partial charge in [0.2, 0.25) is 11.8 Å². The topological polar surface area (TPSA) is 96.0 Å². The lowest BCUT2D eigenvalue weighted by Gasteiger charge is -2.34. The first-order valence-electron chi connectivity index (χ1n) is 15.0. The van der Waals surface area contributed by atoms with Gasteiger partial charge in [-0.3, -0.25) is 13.9 Å². The number of anilines is 1. The van der Waals surface area contributed by atoms with Crippen molar-refractivity contribution in [1.82, 2.24) is 10.2 Å². The Balaban J connectivity index is 1.72. The first-order valence-corrected chi connectivity index (χ1v) is 17.2. The van der Waals surface area contributed by atoms with Gasteiger partial charge >= 0.3 is 0 Å². The Bertz CT molecular complexity index is 1510. The van der Waals surface area contributed by atoms with Crippen LogP contribution in [0.5, 0.6) is 5.75 Å². The second-order valence-electron chi connectivity index (χ2n) is 10.8. The number of hydrogen-bond acceptors (Lipinski definition) is 5. The largest absolute Gasteiger partial charge is 0.494 e. The van der Waals surface area contributed by atoms with Crippen molar-refractivity contribution < 1.29 is 22.7 Å². The van der Waals surface area contributed by atoms with Crippen LogP contribution in [-0.4, -0.2) is 50.4 Å². The zero-order valence-electron chi connectivity index (χ0n) is 25.0. The van der Waals surface area contributed by atoms with Crippen LogP contribution in [0.15, 0.2) is 77.7 Å². The van der Waals surface area contributed by atoms with Gasteiger partial charge in [0.15, 0.2) is 0 Å². The third-order valence-electron chi connectivity index (χ3n) is 7.74. The van der Waals surface area contributed by atoms with Crippen molar-refractivity contribution in [2.45, 2.75) is 75.9 Å². The smallest absolute Gasteiger partial charge is 0.264 e. The SMILES string of the molecule is CCOc1ccc(N(CC(=O)N(Cc2ccc(Cl)cc2Cl)[C@@H](CC)C(=O)NC2CCCCC2)S(=O)(=O)c2ccccc2)cc1. The third-order valence-corrected chi connectivity index (χ3v) is 10.1. The van der Waals surface area contributed by atoms with Crippen molar-refractivity contribution >= 4 is 50.7 Å². The molecule has 0 bridgehead atoms. The number of rotatable bonds is 13. The molecule has 0 aromatic heterocycles. The van der Waals surface area contributed by atoms with Crippen molar-refractivity contribution in [2.24, 2.45) is 0 Å². The van der Waals surface area contributed by atoms with Gasteiger partial charge in [0, 0.05) is 22.6 Å². The van der Waals surface area contributed by atoms with E-state index >= 15 is 0 Å². The molecule has 11 heteroatoms. The van der Waals surface area contributed by atoms with Crippen LogP contribution in [0.1, 0.15) is 57.9 Å². The minimum Gasteiger partial charge on any atom is -0.494 e. The maximum atomic E-state index is 14.3. The molecule has 1 atom stereocenters. The van der Waals surface area contributed by atoms with Crippen LogP contribution < -0.4 is 14.4 Å². The van der Waals surface area contributed by atoms with Crippen LogP contribution in [-0.2, 0) is 26.2 Å². The predicted octanol–water partition coefficient (Wildman–Crippen LogP) is 6.84. The fourth-order valence-electron chi connectivity index (χ4n) is 5.42. The van der Waals surface area contributed by atoms with Gasteiger partial charge in [-0.15, -0.1) is 0 Å². The molecule has 236 valence electrons. The summed E-state index contributed by atoms with van der Waals surface area (Å²) >= 11 is 12.6. The van der Waals surface area contributed by atoms with Crippen LogP contribution in [0.2, 0.25) is 10.0 Å². The number of halogens is 2. The van der Waals surface area contributed by atoms with Gasteiger partial charge in [0.1, 0.15) is 18.3 Å². The highest BCUT2D eigenvalue weighted by Gasteiger charge is 2.34. The van der Waals surface area contributed by atoms with Crippen molar-refractivity contribution in [3.8, 4) is 5.75 Å². The molecule has 0 radical (unpaired) electrons. The van der Waals surface area contributed by atoms with Crippen molar-refractivity contribution in [3.63, 3.8) is 0 Å². The molecule has 0 heterocycles. The molecule has 1 aliphatic rings. The van der Waals surface area contributed by atoms with E-state index in [-0.39, 0.29) is 29.1 Å². The molecule has 1 saturated carbocycles. The van der Waals surface area contributed by atoms with Crippen LogP contribution in [0, 0.1) is 0 Å². The zero-order chi connectivity index (χ0) is 31.7. The zero-order valence-corrected chi connectivity index (χ0v) is 27.4. The highest BCUT2D eigenvalue weighted by molar-refractivity contribution is 7.92. The Morgan fingerprint density at radius 2 is 1.64 bits per heavy atom. The molecule has 1 fully saturated rings. The van der Waals surface area contributed by atoms with E-state index in [9.17, 15) is 18.0 Å². The molecular weight excluding hydrogens is 621 g/mol. The maximum absolute atomic E-state index is 14.3. The van der Waals surface area contributed by atoms with E-state index in [2.05, 4.69) is 5.32 Å². The normalized spacial score (nSPS) is 14.5. The fraction of sp³-hybridized carbons (Fsp3) is 0.394. The van der Waals surface area contributed by atoms with Crippen molar-refractivity contribution in [2.75, 3.05) is 17.5 Å². The van der Waals surface area contributed by atoms with Gasteiger partial charge in [-0.05, 0) is 80.3 Å². The minimum atomic E-state index is -4.17. The minimum absolute atomic E-state index is 0.00602. The molecule has 8 nitrogen and oxygen atoms in total. The number of benzene rings is 3. The van der Waals surface area contributed by atoms with E-state index < -0.39 is 28.5 Å². The quantitative estimate of drug-likeness (QED) is 0.217. The third kappa shape index (κ3) is 8.46. The first kappa shape index (κ1) is 33.6. The highest BCUT2D eigenvalue weighted by atomic mass is 35.5. The molecular formula is C33H39Cl2N3O5S. The summed E-state index contributed by atoms with van der Waals surface area (Å²) in [5, 5.41) is 3.93. The van der Waals surface area contributed by atoms with E-state index in [1.807, 2.05) is 13.8 Å². The number of nitrogens with one attached hydrogen (secondary N) is 1. The number of ether oxygens (including phenoxy) is 1. The van der Waals surface area contributed by atoms with Crippen LogP contribution >= 0.6 is 23.2 Å². The number of amides is 2. The monoisotopic (exact) mass is 659 g/mol. The molecule has 1 aliphatic carbocycles. The molecule has 4 rings (SSSR count). The molecule has 0 saturated heterocycles. The van der Waals surface area contributed by atoms with Crippen LogP contribution in [0.3, 0.4) is 0 Å². The number of nitrogens with zero attached hydrogens (tertiary/aromatic N) is 2. The predicted molar refractivity (Wildman–Crippen MR) is 175 cm³/mol. The average Bonchev–Trinajstić information content (AvgIpc) is 3.02. The summed E-state index contributed by atoms with van der Waals surface area (Å²) in [7, 11) is -4.17. The maximum Gasteiger partial charge on any atom is 0.264 e. The van der Waals surface area contributed by atoms with Gasteiger partial charge in [-0.1, -0.05) is 73.7 Å². The summed E-state index contributed by atoms with van der Waals surface area (Å²) in [5.41, 5.74) is 0.877. The van der Waals surface area contributed by atoms with Gasteiger partial charge in [-0.2, -0.15) is 0 Å². The second kappa shape index (κ2) is 15.6. The molecule has 3 aromatic carbocycles. The van der Waals surface area contributed by atoms with Gasteiger partial charge in [-0.25, -0.2) is 8.42 Å². The number of carbonyl (C=O) groups excluding carboxylic acids is 2. The first-order chi connectivity index (χ1) is 21.1. The average molecular weight is 661 g/mol. The standard InChI is InChI=1S/C33H39Cl2N3O5S/c1-3-31(33(40)36-26-11-7-5-8-12-26)37(22-24-15-16-25(34)21-30(24)35)32(39)23-38(27-17-19-28(20-18-27)43-4-2)44(41,42)29-13-9-6-10-14-29/h6,9-10,13-21,26,31H,3-5,7-8,11-12,22-23H2,1-2H3,(H,36,40)/t31-/m0/s1. The van der Waals surface area contributed by atoms with Crippen LogP contribution in [0.4, 0.5) is 5.69 Å². The van der Waals surface area contributed by atoms with Crippen LogP contribution in [0.25, 0.3) is 0 Å².